The molecule has 1 heterocycles. The van der Waals surface area contributed by atoms with Crippen molar-refractivity contribution >= 4 is 5.84 Å². The molecule has 1 aliphatic rings. The van der Waals surface area contributed by atoms with Crippen LogP contribution in [-0.4, -0.2) is 30.0 Å². The molecule has 3 heteroatoms. The molecule has 0 fully saturated rings. The van der Waals surface area contributed by atoms with E-state index in [0.29, 0.717) is 0 Å². The van der Waals surface area contributed by atoms with Gasteiger partial charge < -0.3 is 10.6 Å². The minimum atomic E-state index is 0.0999. The van der Waals surface area contributed by atoms with Crippen LogP contribution in [0.4, 0.5) is 0 Å². The van der Waals surface area contributed by atoms with Gasteiger partial charge in [0.25, 0.3) is 0 Å². The van der Waals surface area contributed by atoms with E-state index in [1.165, 1.54) is 57.2 Å². The summed E-state index contributed by atoms with van der Waals surface area (Å²) in [6.07, 6.45) is 17.9. The van der Waals surface area contributed by atoms with Gasteiger partial charge in [0.15, 0.2) is 0 Å². The summed E-state index contributed by atoms with van der Waals surface area (Å²) in [7, 11) is 0. The van der Waals surface area contributed by atoms with E-state index in [1.807, 2.05) is 6.92 Å². The van der Waals surface area contributed by atoms with Crippen LogP contribution in [0.2, 0.25) is 0 Å². The van der Waals surface area contributed by atoms with Crippen LogP contribution in [0.1, 0.15) is 78.1 Å². The van der Waals surface area contributed by atoms with Crippen molar-refractivity contribution in [3.05, 3.63) is 12.2 Å². The van der Waals surface area contributed by atoms with E-state index in [1.54, 1.807) is 0 Å². The molecule has 0 aromatic carbocycles. The van der Waals surface area contributed by atoms with E-state index < -0.39 is 0 Å². The van der Waals surface area contributed by atoms with E-state index in [0.717, 1.165) is 25.9 Å². The number of rotatable bonds is 12. The summed E-state index contributed by atoms with van der Waals surface area (Å²) in [6.45, 7) is 6.22. The molecular formula is C18H35N3. The molecule has 0 aromatic heterocycles. The van der Waals surface area contributed by atoms with Crippen molar-refractivity contribution < 1.29 is 0 Å². The summed E-state index contributed by atoms with van der Waals surface area (Å²) in [6, 6.07) is 0. The maximum absolute atomic E-state index is 5.94. The van der Waals surface area contributed by atoms with Gasteiger partial charge in [-0.05, 0) is 26.2 Å². The fraction of sp³-hybridized carbons (Fsp3) is 0.833. The van der Waals surface area contributed by atoms with Crippen LogP contribution in [0.15, 0.2) is 17.1 Å². The predicted octanol–water partition coefficient (Wildman–Crippen LogP) is 4.48. The van der Waals surface area contributed by atoms with E-state index in [-0.39, 0.29) is 6.17 Å². The number of nitrogens with zero attached hydrogens (tertiary/aromatic N) is 2. The first-order chi connectivity index (χ1) is 10.3. The second kappa shape index (κ2) is 11.8. The Balaban J connectivity index is 1.96. The Morgan fingerprint density at radius 2 is 1.76 bits per heavy atom. The van der Waals surface area contributed by atoms with Crippen LogP contribution in [0.5, 0.6) is 0 Å². The molecule has 1 aliphatic heterocycles. The Morgan fingerprint density at radius 1 is 1.10 bits per heavy atom. The summed E-state index contributed by atoms with van der Waals surface area (Å²) in [4.78, 5) is 6.78. The highest BCUT2D eigenvalue weighted by Crippen LogP contribution is 2.11. The van der Waals surface area contributed by atoms with Crippen molar-refractivity contribution in [2.24, 2.45) is 10.7 Å². The second-order valence-corrected chi connectivity index (χ2v) is 6.15. The normalized spacial score (nSPS) is 16.7. The van der Waals surface area contributed by atoms with E-state index in [9.17, 15) is 0 Å². The Labute approximate surface area is 131 Å². The zero-order valence-corrected chi connectivity index (χ0v) is 14.2. The van der Waals surface area contributed by atoms with Crippen LogP contribution in [-0.2, 0) is 0 Å². The Hall–Kier alpha value is -0.830. The Bertz CT molecular complexity index is 308. The lowest BCUT2D eigenvalue weighted by atomic mass is 10.1. The Morgan fingerprint density at radius 3 is 2.48 bits per heavy atom. The average molecular weight is 293 g/mol. The van der Waals surface area contributed by atoms with Gasteiger partial charge in [-0.15, -0.1) is 0 Å². The lowest BCUT2D eigenvalue weighted by Gasteiger charge is -2.24. The van der Waals surface area contributed by atoms with Crippen LogP contribution >= 0.6 is 0 Å². The fourth-order valence-corrected chi connectivity index (χ4v) is 2.84. The molecule has 0 bridgehead atoms. The van der Waals surface area contributed by atoms with Crippen LogP contribution in [0, 0.1) is 0 Å². The highest BCUT2D eigenvalue weighted by Gasteiger charge is 2.18. The van der Waals surface area contributed by atoms with Gasteiger partial charge in [0.1, 0.15) is 5.84 Å². The van der Waals surface area contributed by atoms with Crippen LogP contribution in [0.3, 0.4) is 0 Å². The van der Waals surface area contributed by atoms with Gasteiger partial charge in [-0.25, -0.2) is 0 Å². The summed E-state index contributed by atoms with van der Waals surface area (Å²) in [5.74, 6) is 1.20. The highest BCUT2D eigenvalue weighted by molar-refractivity contribution is 5.84. The van der Waals surface area contributed by atoms with E-state index in [2.05, 4.69) is 29.0 Å². The minimum absolute atomic E-state index is 0.0999. The van der Waals surface area contributed by atoms with Crippen molar-refractivity contribution in [3.63, 3.8) is 0 Å². The molecule has 3 nitrogen and oxygen atoms in total. The molecule has 1 unspecified atom stereocenters. The topological polar surface area (TPSA) is 41.6 Å². The number of hydrogen-bond donors (Lipinski definition) is 1. The molecule has 0 saturated heterocycles. The number of hydrogen-bond acceptors (Lipinski definition) is 3. The zero-order valence-electron chi connectivity index (χ0n) is 14.2. The van der Waals surface area contributed by atoms with Gasteiger partial charge in [-0.3, -0.25) is 4.99 Å². The van der Waals surface area contributed by atoms with Gasteiger partial charge in [0.2, 0.25) is 0 Å². The smallest absolute Gasteiger partial charge is 0.101 e. The molecule has 0 aliphatic carbocycles. The molecule has 1 rings (SSSR count). The highest BCUT2D eigenvalue weighted by atomic mass is 15.3. The summed E-state index contributed by atoms with van der Waals surface area (Å²) in [5, 5.41) is 0. The summed E-state index contributed by atoms with van der Waals surface area (Å²) in [5.41, 5.74) is 5.94. The number of allylic oxidation sites excluding steroid dienone is 2. The predicted molar refractivity (Wildman–Crippen MR) is 93.6 cm³/mol. The van der Waals surface area contributed by atoms with Gasteiger partial charge >= 0.3 is 0 Å². The first kappa shape index (κ1) is 18.2. The molecule has 0 amide bonds. The number of amidine groups is 1. The molecule has 0 spiro atoms. The second-order valence-electron chi connectivity index (χ2n) is 6.15. The Kier molecular flexibility index (Phi) is 10.2. The van der Waals surface area contributed by atoms with Gasteiger partial charge in [0, 0.05) is 13.0 Å². The van der Waals surface area contributed by atoms with Crippen molar-refractivity contribution in [3.8, 4) is 0 Å². The average Bonchev–Trinajstić information content (AvgIpc) is 2.93. The first-order valence-electron chi connectivity index (χ1n) is 8.96. The van der Waals surface area contributed by atoms with Crippen molar-refractivity contribution in [2.75, 3.05) is 13.1 Å². The van der Waals surface area contributed by atoms with Gasteiger partial charge in [0.05, 0.1) is 12.7 Å². The van der Waals surface area contributed by atoms with Crippen LogP contribution in [0.25, 0.3) is 0 Å². The molecule has 0 aromatic rings. The molecule has 1 atom stereocenters. The number of nitrogens with two attached hydrogens (primary N) is 1. The van der Waals surface area contributed by atoms with E-state index >= 15 is 0 Å². The lowest BCUT2D eigenvalue weighted by molar-refractivity contribution is 0.360. The third kappa shape index (κ3) is 8.25. The first-order valence-corrected chi connectivity index (χ1v) is 8.96. The summed E-state index contributed by atoms with van der Waals surface area (Å²) >= 11 is 0. The molecule has 2 N–H and O–H groups in total. The van der Waals surface area contributed by atoms with Crippen LogP contribution < -0.4 is 5.73 Å². The lowest BCUT2D eigenvalue weighted by Crippen LogP contribution is -2.41. The molecule has 0 radical (unpaired) electrons. The standard InChI is InChI=1S/C18H35N3/c1-3-4-5-6-7-8-9-10-11-12-13-14-18-20-15-16-21(18)17(2)19/h11-12,17H,3-10,13-16,19H2,1-2H3/b12-11+. The maximum atomic E-state index is 5.94. The van der Waals surface area contributed by atoms with Crippen molar-refractivity contribution in [1.29, 1.82) is 0 Å². The minimum Gasteiger partial charge on any atom is -0.343 e. The van der Waals surface area contributed by atoms with Crippen molar-refractivity contribution in [2.45, 2.75) is 84.2 Å². The number of aliphatic imine (C=N–C) groups is 1. The molecule has 122 valence electrons. The third-order valence-corrected chi connectivity index (χ3v) is 4.13. The molecular weight excluding hydrogens is 258 g/mol. The zero-order chi connectivity index (χ0) is 15.3. The van der Waals surface area contributed by atoms with Gasteiger partial charge in [-0.1, -0.05) is 57.6 Å². The monoisotopic (exact) mass is 293 g/mol. The fourth-order valence-electron chi connectivity index (χ4n) is 2.84. The third-order valence-electron chi connectivity index (χ3n) is 4.13. The largest absolute Gasteiger partial charge is 0.343 e. The molecule has 21 heavy (non-hydrogen) atoms. The SMILES string of the molecule is CCCCCCCCC/C=C/CCC1=NCCN1C(C)N. The van der Waals surface area contributed by atoms with Gasteiger partial charge in [-0.2, -0.15) is 0 Å². The number of unbranched alkanes of at least 4 members (excludes halogenated alkanes) is 7. The van der Waals surface area contributed by atoms with E-state index in [4.69, 9.17) is 5.73 Å². The van der Waals surface area contributed by atoms with Crippen molar-refractivity contribution in [1.82, 2.24) is 4.90 Å². The summed E-state index contributed by atoms with van der Waals surface area (Å²) < 4.78 is 0. The molecule has 0 saturated carbocycles. The quantitative estimate of drug-likeness (QED) is 0.426. The maximum Gasteiger partial charge on any atom is 0.101 e.